The molecule has 0 saturated heterocycles. The molecule has 1 N–H and O–H groups in total. The van der Waals surface area contributed by atoms with Crippen molar-refractivity contribution in [2.75, 3.05) is 16.8 Å². The molecule has 1 aromatic carbocycles. The number of rotatable bonds is 5. The van der Waals surface area contributed by atoms with Crippen molar-refractivity contribution in [3.05, 3.63) is 29.6 Å². The Morgan fingerprint density at radius 2 is 2.07 bits per heavy atom. The number of nitrogens with zero attached hydrogens (tertiary/aromatic N) is 4. The molecule has 11 heteroatoms. The number of hydrogen-bond acceptors (Lipinski definition) is 5. The monoisotopic (exact) mass is 439 g/mol. The lowest BCUT2D eigenvalue weighted by Crippen LogP contribution is -2.45. The first-order valence-electron chi connectivity index (χ1n) is 9.61. The number of carbonyl (C=O) groups is 2. The highest BCUT2D eigenvalue weighted by atomic mass is 32.2. The lowest BCUT2D eigenvalue weighted by atomic mass is 10.1. The zero-order chi connectivity index (χ0) is 21.6. The highest BCUT2D eigenvalue weighted by molar-refractivity contribution is 8.00. The van der Waals surface area contributed by atoms with Gasteiger partial charge in [-0.2, -0.15) is 13.2 Å². The number of carbonyl (C=O) groups excluding carboxylic acids is 2. The number of alkyl halides is 3. The first kappa shape index (κ1) is 20.7. The van der Waals surface area contributed by atoms with Gasteiger partial charge >= 0.3 is 6.18 Å². The zero-order valence-electron chi connectivity index (χ0n) is 16.4. The SMILES string of the molecule is CCn1c(SC(C)C(=O)N2CC(=O)Nc3cc(C(F)(F)F)ccc32)nnc1C1CC1. The first-order valence-corrected chi connectivity index (χ1v) is 10.5. The van der Waals surface area contributed by atoms with Crippen molar-refractivity contribution in [2.45, 2.75) is 55.7 Å². The van der Waals surface area contributed by atoms with E-state index in [4.69, 9.17) is 0 Å². The molecule has 1 aliphatic carbocycles. The zero-order valence-corrected chi connectivity index (χ0v) is 17.2. The van der Waals surface area contributed by atoms with Crippen molar-refractivity contribution < 1.29 is 22.8 Å². The second kappa shape index (κ2) is 7.60. The number of aromatic nitrogens is 3. The Balaban J connectivity index is 1.57. The summed E-state index contributed by atoms with van der Waals surface area (Å²) in [5.41, 5.74) is -0.669. The van der Waals surface area contributed by atoms with E-state index in [1.807, 2.05) is 11.5 Å². The van der Waals surface area contributed by atoms with E-state index < -0.39 is 22.9 Å². The van der Waals surface area contributed by atoms with Crippen LogP contribution < -0.4 is 10.2 Å². The number of halogens is 3. The Morgan fingerprint density at radius 1 is 1.33 bits per heavy atom. The third-order valence-electron chi connectivity index (χ3n) is 5.09. The quantitative estimate of drug-likeness (QED) is 0.720. The van der Waals surface area contributed by atoms with Crippen LogP contribution in [0, 0.1) is 0 Å². The van der Waals surface area contributed by atoms with Gasteiger partial charge in [-0.05, 0) is 44.9 Å². The molecule has 4 rings (SSSR count). The molecule has 7 nitrogen and oxygen atoms in total. The van der Waals surface area contributed by atoms with Gasteiger partial charge in [-0.1, -0.05) is 11.8 Å². The third kappa shape index (κ3) is 3.90. The van der Waals surface area contributed by atoms with E-state index >= 15 is 0 Å². The standard InChI is InChI=1S/C19H20F3N5O2S/c1-3-26-16(11-4-5-11)24-25-18(26)30-10(2)17(29)27-9-15(28)23-13-8-12(19(20,21)22)6-7-14(13)27/h6-8,10-11H,3-5,9H2,1-2H3,(H,23,28). The van der Waals surface area contributed by atoms with Crippen molar-refractivity contribution >= 4 is 35.0 Å². The summed E-state index contributed by atoms with van der Waals surface area (Å²) in [6.45, 7) is 4.09. The van der Waals surface area contributed by atoms with Crippen LogP contribution >= 0.6 is 11.8 Å². The van der Waals surface area contributed by atoms with E-state index in [1.165, 1.54) is 22.7 Å². The number of nitrogens with one attached hydrogen (secondary N) is 1. The van der Waals surface area contributed by atoms with Crippen LogP contribution in [0.3, 0.4) is 0 Å². The predicted octanol–water partition coefficient (Wildman–Crippen LogP) is 3.66. The van der Waals surface area contributed by atoms with Gasteiger partial charge in [0, 0.05) is 12.5 Å². The molecule has 1 unspecified atom stereocenters. The fraction of sp³-hybridized carbons (Fsp3) is 0.474. The van der Waals surface area contributed by atoms with E-state index in [-0.39, 0.29) is 23.8 Å². The van der Waals surface area contributed by atoms with Crippen LogP contribution in [0.15, 0.2) is 23.4 Å². The molecule has 1 saturated carbocycles. The normalized spacial score (nSPS) is 17.5. The molecule has 0 bridgehead atoms. The Bertz CT molecular complexity index is 1000. The first-order chi connectivity index (χ1) is 14.2. The average molecular weight is 439 g/mol. The largest absolute Gasteiger partial charge is 0.416 e. The summed E-state index contributed by atoms with van der Waals surface area (Å²) in [7, 11) is 0. The van der Waals surface area contributed by atoms with Crippen LogP contribution in [-0.2, 0) is 22.3 Å². The van der Waals surface area contributed by atoms with Crippen molar-refractivity contribution in [1.29, 1.82) is 0 Å². The highest BCUT2D eigenvalue weighted by Crippen LogP contribution is 2.41. The Hall–Kier alpha value is -2.56. The Labute approximate surface area is 175 Å². The minimum atomic E-state index is -4.54. The van der Waals surface area contributed by atoms with Crippen molar-refractivity contribution in [1.82, 2.24) is 14.8 Å². The van der Waals surface area contributed by atoms with Gasteiger partial charge in [0.25, 0.3) is 0 Å². The van der Waals surface area contributed by atoms with E-state index in [2.05, 4.69) is 15.5 Å². The molecule has 30 heavy (non-hydrogen) atoms. The van der Waals surface area contributed by atoms with Crippen LogP contribution in [0.4, 0.5) is 24.5 Å². The Morgan fingerprint density at radius 3 is 2.70 bits per heavy atom. The lowest BCUT2D eigenvalue weighted by molar-refractivity contribution is -0.137. The average Bonchev–Trinajstić information content (AvgIpc) is 3.46. The minimum absolute atomic E-state index is 0.0284. The fourth-order valence-electron chi connectivity index (χ4n) is 3.42. The lowest BCUT2D eigenvalue weighted by Gasteiger charge is -2.31. The molecule has 1 aromatic heterocycles. The van der Waals surface area contributed by atoms with Crippen LogP contribution in [-0.4, -0.2) is 38.4 Å². The van der Waals surface area contributed by atoms with Gasteiger partial charge in [0.2, 0.25) is 11.8 Å². The maximum absolute atomic E-state index is 13.1. The molecule has 0 radical (unpaired) electrons. The van der Waals surface area contributed by atoms with Crippen LogP contribution in [0.25, 0.3) is 0 Å². The highest BCUT2D eigenvalue weighted by Gasteiger charge is 2.36. The number of fused-ring (bicyclic) bond motifs is 1. The van der Waals surface area contributed by atoms with Gasteiger partial charge < -0.3 is 9.88 Å². The van der Waals surface area contributed by atoms with Gasteiger partial charge in [-0.25, -0.2) is 0 Å². The number of thioether (sulfide) groups is 1. The molecule has 1 fully saturated rings. The summed E-state index contributed by atoms with van der Waals surface area (Å²) in [4.78, 5) is 26.4. The molecular weight excluding hydrogens is 419 g/mol. The summed E-state index contributed by atoms with van der Waals surface area (Å²) in [6, 6.07) is 2.97. The van der Waals surface area contributed by atoms with Crippen molar-refractivity contribution in [3.63, 3.8) is 0 Å². The van der Waals surface area contributed by atoms with E-state index in [0.29, 0.717) is 17.6 Å². The van der Waals surface area contributed by atoms with Crippen LogP contribution in [0.2, 0.25) is 0 Å². The molecule has 160 valence electrons. The summed E-state index contributed by atoms with van der Waals surface area (Å²) < 4.78 is 41.0. The van der Waals surface area contributed by atoms with Gasteiger partial charge in [0.15, 0.2) is 5.16 Å². The smallest absolute Gasteiger partial charge is 0.323 e. The van der Waals surface area contributed by atoms with E-state index in [0.717, 1.165) is 30.8 Å². The van der Waals surface area contributed by atoms with Crippen LogP contribution in [0.1, 0.15) is 44.0 Å². The minimum Gasteiger partial charge on any atom is -0.323 e. The van der Waals surface area contributed by atoms with Crippen LogP contribution in [0.5, 0.6) is 0 Å². The topological polar surface area (TPSA) is 80.1 Å². The number of anilines is 2. The summed E-state index contributed by atoms with van der Waals surface area (Å²) in [6.07, 6.45) is -2.38. The molecule has 2 amide bonds. The molecule has 2 aromatic rings. The molecule has 1 aliphatic heterocycles. The third-order valence-corrected chi connectivity index (χ3v) is 6.16. The number of amides is 2. The fourth-order valence-corrected chi connectivity index (χ4v) is 4.40. The van der Waals surface area contributed by atoms with E-state index in [1.54, 1.807) is 6.92 Å². The van der Waals surface area contributed by atoms with Crippen molar-refractivity contribution in [2.24, 2.45) is 0 Å². The summed E-state index contributed by atoms with van der Waals surface area (Å²) in [5.74, 6) is 0.412. The molecular formula is C19H20F3N5O2S. The maximum Gasteiger partial charge on any atom is 0.416 e. The van der Waals surface area contributed by atoms with Gasteiger partial charge in [-0.15, -0.1) is 10.2 Å². The molecule has 0 spiro atoms. The number of benzene rings is 1. The number of hydrogen-bond donors (Lipinski definition) is 1. The predicted molar refractivity (Wildman–Crippen MR) is 105 cm³/mol. The van der Waals surface area contributed by atoms with Gasteiger partial charge in [0.1, 0.15) is 12.4 Å². The molecule has 1 atom stereocenters. The van der Waals surface area contributed by atoms with Crippen molar-refractivity contribution in [3.8, 4) is 0 Å². The van der Waals surface area contributed by atoms with E-state index in [9.17, 15) is 22.8 Å². The molecule has 2 heterocycles. The Kier molecular flexibility index (Phi) is 5.25. The summed E-state index contributed by atoms with van der Waals surface area (Å²) in [5, 5.41) is 10.9. The molecule has 2 aliphatic rings. The van der Waals surface area contributed by atoms with Gasteiger partial charge in [0.05, 0.1) is 22.2 Å². The second-order valence-corrected chi connectivity index (χ2v) is 8.63. The summed E-state index contributed by atoms with van der Waals surface area (Å²) >= 11 is 1.23. The maximum atomic E-state index is 13.1. The second-order valence-electron chi connectivity index (χ2n) is 7.32. The van der Waals surface area contributed by atoms with Gasteiger partial charge in [-0.3, -0.25) is 14.5 Å².